The number of carboxylic acid groups (broad SMARTS) is 1. The molecule has 0 saturated heterocycles. The van der Waals surface area contributed by atoms with Gasteiger partial charge in [-0.2, -0.15) is 0 Å². The standard InChI is InChI=1S/C22H23NO4/c1-4-8-17(15-20(24)25)16-11-13-18(14-12-16)23-21(26)22(2,3)27-19-9-6-5-7-10-19/h5-7,9-14,17H,15H2,1-3H3,(H,23,26)(H,24,25). The maximum absolute atomic E-state index is 12.6. The van der Waals surface area contributed by atoms with E-state index >= 15 is 0 Å². The highest BCUT2D eigenvalue weighted by molar-refractivity contribution is 5.97. The second kappa shape index (κ2) is 8.91. The summed E-state index contributed by atoms with van der Waals surface area (Å²) in [6, 6.07) is 16.2. The van der Waals surface area contributed by atoms with E-state index in [1.165, 1.54) is 0 Å². The molecule has 1 atom stereocenters. The van der Waals surface area contributed by atoms with Crippen LogP contribution in [-0.2, 0) is 9.59 Å². The third-order valence-corrected chi connectivity index (χ3v) is 3.93. The Bertz CT molecular complexity index is 845. The molecule has 140 valence electrons. The monoisotopic (exact) mass is 365 g/mol. The third kappa shape index (κ3) is 5.89. The molecular formula is C22H23NO4. The Balaban J connectivity index is 2.07. The molecule has 2 aromatic rings. The molecule has 1 amide bonds. The molecule has 5 nitrogen and oxygen atoms in total. The van der Waals surface area contributed by atoms with Crippen molar-refractivity contribution in [1.29, 1.82) is 0 Å². The predicted octanol–water partition coefficient (Wildman–Crippen LogP) is 4.06. The van der Waals surface area contributed by atoms with E-state index in [1.807, 2.05) is 18.2 Å². The number of hydrogen-bond donors (Lipinski definition) is 2. The number of carbonyl (C=O) groups is 2. The lowest BCUT2D eigenvalue weighted by Gasteiger charge is -2.25. The maximum atomic E-state index is 12.6. The van der Waals surface area contributed by atoms with Crippen LogP contribution >= 0.6 is 0 Å². The van der Waals surface area contributed by atoms with Gasteiger partial charge in [-0.15, -0.1) is 5.92 Å². The second-order valence-corrected chi connectivity index (χ2v) is 6.55. The van der Waals surface area contributed by atoms with E-state index in [-0.39, 0.29) is 18.2 Å². The lowest BCUT2D eigenvalue weighted by molar-refractivity contribution is -0.137. The fraction of sp³-hybridized carbons (Fsp3) is 0.273. The molecule has 1 unspecified atom stereocenters. The summed E-state index contributed by atoms with van der Waals surface area (Å²) in [5, 5.41) is 11.8. The number of amides is 1. The number of para-hydroxylation sites is 1. The van der Waals surface area contributed by atoms with Gasteiger partial charge in [-0.05, 0) is 50.6 Å². The minimum absolute atomic E-state index is 0.0650. The first-order chi connectivity index (χ1) is 12.8. The van der Waals surface area contributed by atoms with Gasteiger partial charge in [0.1, 0.15) is 5.75 Å². The van der Waals surface area contributed by atoms with Gasteiger partial charge in [0.2, 0.25) is 0 Å². The molecule has 0 aromatic heterocycles. The highest BCUT2D eigenvalue weighted by Gasteiger charge is 2.30. The normalized spacial score (nSPS) is 11.7. The van der Waals surface area contributed by atoms with Gasteiger partial charge in [-0.3, -0.25) is 9.59 Å². The van der Waals surface area contributed by atoms with Crippen molar-refractivity contribution < 1.29 is 19.4 Å². The van der Waals surface area contributed by atoms with Crippen molar-refractivity contribution in [3.8, 4) is 17.6 Å². The van der Waals surface area contributed by atoms with E-state index < -0.39 is 11.6 Å². The zero-order chi connectivity index (χ0) is 19.9. The predicted molar refractivity (Wildman–Crippen MR) is 105 cm³/mol. The molecule has 0 spiro atoms. The Labute approximate surface area is 159 Å². The molecule has 0 aliphatic carbocycles. The minimum atomic E-state index is -1.06. The molecule has 0 aliphatic heterocycles. The number of carboxylic acids is 1. The van der Waals surface area contributed by atoms with Crippen LogP contribution in [0.25, 0.3) is 0 Å². The van der Waals surface area contributed by atoms with Crippen LogP contribution in [-0.4, -0.2) is 22.6 Å². The van der Waals surface area contributed by atoms with Gasteiger partial charge in [0.15, 0.2) is 5.60 Å². The van der Waals surface area contributed by atoms with Crippen LogP contribution in [0.15, 0.2) is 54.6 Å². The first-order valence-corrected chi connectivity index (χ1v) is 8.61. The molecule has 27 heavy (non-hydrogen) atoms. The van der Waals surface area contributed by atoms with E-state index in [0.29, 0.717) is 11.4 Å². The molecule has 2 aromatic carbocycles. The zero-order valence-corrected chi connectivity index (χ0v) is 15.7. The fourth-order valence-electron chi connectivity index (χ4n) is 2.51. The Morgan fingerprint density at radius 1 is 1.11 bits per heavy atom. The van der Waals surface area contributed by atoms with Gasteiger partial charge in [0.25, 0.3) is 5.91 Å². The van der Waals surface area contributed by atoms with Crippen LogP contribution in [0.5, 0.6) is 5.75 Å². The van der Waals surface area contributed by atoms with Crippen molar-refractivity contribution in [3.05, 3.63) is 60.2 Å². The van der Waals surface area contributed by atoms with Crippen LogP contribution in [0.1, 0.15) is 38.7 Å². The highest BCUT2D eigenvalue weighted by Crippen LogP contribution is 2.23. The van der Waals surface area contributed by atoms with Crippen molar-refractivity contribution in [1.82, 2.24) is 0 Å². The average molecular weight is 365 g/mol. The Morgan fingerprint density at radius 3 is 2.30 bits per heavy atom. The maximum Gasteiger partial charge on any atom is 0.304 e. The summed E-state index contributed by atoms with van der Waals surface area (Å²) < 4.78 is 5.78. The topological polar surface area (TPSA) is 75.6 Å². The summed E-state index contributed by atoms with van der Waals surface area (Å²) in [7, 11) is 0. The first-order valence-electron chi connectivity index (χ1n) is 8.61. The Morgan fingerprint density at radius 2 is 1.74 bits per heavy atom. The van der Waals surface area contributed by atoms with E-state index in [1.54, 1.807) is 57.2 Å². The van der Waals surface area contributed by atoms with Gasteiger partial charge >= 0.3 is 5.97 Å². The number of benzene rings is 2. The van der Waals surface area contributed by atoms with Crippen molar-refractivity contribution in [2.75, 3.05) is 5.32 Å². The fourth-order valence-corrected chi connectivity index (χ4v) is 2.51. The highest BCUT2D eigenvalue weighted by atomic mass is 16.5. The van der Waals surface area contributed by atoms with Crippen LogP contribution < -0.4 is 10.1 Å². The quantitative estimate of drug-likeness (QED) is 0.726. The molecule has 5 heteroatoms. The molecular weight excluding hydrogens is 342 g/mol. The summed E-state index contributed by atoms with van der Waals surface area (Å²) in [5.74, 6) is 4.71. The van der Waals surface area contributed by atoms with Crippen LogP contribution in [0.2, 0.25) is 0 Å². The molecule has 2 rings (SSSR count). The average Bonchev–Trinajstić information content (AvgIpc) is 2.62. The number of ether oxygens (including phenoxy) is 1. The van der Waals surface area contributed by atoms with Gasteiger partial charge in [-0.1, -0.05) is 36.3 Å². The molecule has 0 bridgehead atoms. The van der Waals surface area contributed by atoms with Crippen LogP contribution in [0, 0.1) is 11.8 Å². The van der Waals surface area contributed by atoms with Crippen LogP contribution in [0.3, 0.4) is 0 Å². The van der Waals surface area contributed by atoms with Crippen molar-refractivity contribution in [2.45, 2.75) is 38.7 Å². The van der Waals surface area contributed by atoms with Crippen molar-refractivity contribution in [2.24, 2.45) is 0 Å². The molecule has 0 fully saturated rings. The van der Waals surface area contributed by atoms with E-state index in [9.17, 15) is 9.59 Å². The van der Waals surface area contributed by atoms with Gasteiger partial charge < -0.3 is 15.2 Å². The zero-order valence-electron chi connectivity index (χ0n) is 15.7. The lowest BCUT2D eigenvalue weighted by Crippen LogP contribution is -2.42. The summed E-state index contributed by atoms with van der Waals surface area (Å²) in [5.41, 5.74) is 0.344. The summed E-state index contributed by atoms with van der Waals surface area (Å²) in [4.78, 5) is 23.6. The second-order valence-electron chi connectivity index (χ2n) is 6.55. The number of anilines is 1. The molecule has 2 N–H and O–H groups in total. The van der Waals surface area contributed by atoms with E-state index in [4.69, 9.17) is 9.84 Å². The summed E-state index contributed by atoms with van der Waals surface area (Å²) >= 11 is 0. The SMILES string of the molecule is CC#CC(CC(=O)O)c1ccc(NC(=O)C(C)(C)Oc2ccccc2)cc1. The Hall–Kier alpha value is -3.26. The molecule has 0 saturated carbocycles. The van der Waals surface area contributed by atoms with Gasteiger partial charge in [-0.25, -0.2) is 0 Å². The lowest BCUT2D eigenvalue weighted by atomic mass is 9.96. The number of rotatable bonds is 7. The number of aliphatic carboxylic acids is 1. The van der Waals surface area contributed by atoms with E-state index in [0.717, 1.165) is 5.56 Å². The molecule has 0 radical (unpaired) electrons. The first kappa shape index (κ1) is 20.1. The third-order valence-electron chi connectivity index (χ3n) is 3.93. The smallest absolute Gasteiger partial charge is 0.304 e. The number of hydrogen-bond acceptors (Lipinski definition) is 3. The summed E-state index contributed by atoms with van der Waals surface area (Å²) in [6.07, 6.45) is -0.0650. The molecule has 0 aliphatic rings. The van der Waals surface area contributed by atoms with E-state index in [2.05, 4.69) is 17.2 Å². The largest absolute Gasteiger partial charge is 0.481 e. The number of nitrogens with one attached hydrogen (secondary N) is 1. The van der Waals surface area contributed by atoms with Crippen LogP contribution in [0.4, 0.5) is 5.69 Å². The molecule has 0 heterocycles. The van der Waals surface area contributed by atoms with Crippen molar-refractivity contribution >= 4 is 17.6 Å². The van der Waals surface area contributed by atoms with Gasteiger partial charge in [0, 0.05) is 5.69 Å². The summed E-state index contributed by atoms with van der Waals surface area (Å²) in [6.45, 7) is 5.07. The van der Waals surface area contributed by atoms with Crippen molar-refractivity contribution in [3.63, 3.8) is 0 Å². The minimum Gasteiger partial charge on any atom is -0.481 e. The number of carbonyl (C=O) groups excluding carboxylic acids is 1. The van der Waals surface area contributed by atoms with Gasteiger partial charge in [0.05, 0.1) is 12.3 Å². The Kier molecular flexibility index (Phi) is 6.62.